The van der Waals surface area contributed by atoms with E-state index in [1.165, 1.54) is 0 Å². The summed E-state index contributed by atoms with van der Waals surface area (Å²) in [5.74, 6) is -0.0362. The van der Waals surface area contributed by atoms with Crippen LogP contribution in [-0.4, -0.2) is 50.5 Å². The summed E-state index contributed by atoms with van der Waals surface area (Å²) in [7, 11) is 1.60. The van der Waals surface area contributed by atoms with E-state index < -0.39 is 11.9 Å². The summed E-state index contributed by atoms with van der Waals surface area (Å²) in [5, 5.41) is 12.1. The molecule has 0 bridgehead atoms. The molecule has 0 aliphatic carbocycles. The number of methoxy groups -OCH3 is 1. The Labute approximate surface area is 153 Å². The van der Waals surface area contributed by atoms with Crippen LogP contribution in [0.15, 0.2) is 24.3 Å². The highest BCUT2D eigenvalue weighted by Crippen LogP contribution is 2.23. The van der Waals surface area contributed by atoms with Crippen molar-refractivity contribution in [2.45, 2.75) is 25.7 Å². The minimum atomic E-state index is -0.861. The largest absolute Gasteiger partial charge is 0.497 e. The molecule has 1 aliphatic rings. The second-order valence-electron chi connectivity index (χ2n) is 6.33. The normalized spacial score (nSPS) is 15.9. The van der Waals surface area contributed by atoms with Gasteiger partial charge in [0.05, 0.1) is 19.6 Å². The van der Waals surface area contributed by atoms with Crippen molar-refractivity contribution in [3.05, 3.63) is 24.3 Å². The van der Waals surface area contributed by atoms with Gasteiger partial charge in [-0.25, -0.2) is 0 Å². The van der Waals surface area contributed by atoms with Crippen LogP contribution in [-0.2, 0) is 14.3 Å². The fourth-order valence-electron chi connectivity index (χ4n) is 2.98. The van der Waals surface area contributed by atoms with Crippen molar-refractivity contribution in [1.29, 1.82) is 0 Å². The first kappa shape index (κ1) is 20.0. The lowest BCUT2D eigenvalue weighted by atomic mass is 9.86. The summed E-state index contributed by atoms with van der Waals surface area (Å²) in [6.07, 6.45) is 2.31. The van der Waals surface area contributed by atoms with Gasteiger partial charge in [0.1, 0.15) is 11.5 Å². The number of ether oxygens (including phenoxy) is 3. The van der Waals surface area contributed by atoms with Gasteiger partial charge in [0.15, 0.2) is 0 Å². The number of benzene rings is 1. The van der Waals surface area contributed by atoms with Crippen LogP contribution in [0.1, 0.15) is 25.7 Å². The smallest absolute Gasteiger partial charge is 0.308 e. The summed E-state index contributed by atoms with van der Waals surface area (Å²) in [5.41, 5.74) is 0. The quantitative estimate of drug-likeness (QED) is 0.617. The second-order valence-corrected chi connectivity index (χ2v) is 6.33. The van der Waals surface area contributed by atoms with Crippen LogP contribution in [0.3, 0.4) is 0 Å². The van der Waals surface area contributed by atoms with Crippen LogP contribution in [0.4, 0.5) is 0 Å². The molecule has 0 radical (unpaired) electrons. The van der Waals surface area contributed by atoms with Gasteiger partial charge in [-0.2, -0.15) is 0 Å². The van der Waals surface area contributed by atoms with Crippen LogP contribution < -0.4 is 14.8 Å². The number of amides is 1. The molecule has 1 atom stereocenters. The zero-order valence-electron chi connectivity index (χ0n) is 15.1. The Hall–Kier alpha value is -2.28. The molecule has 7 nitrogen and oxygen atoms in total. The average molecular weight is 365 g/mol. The lowest BCUT2D eigenvalue weighted by molar-refractivity contribution is -0.145. The fourth-order valence-corrected chi connectivity index (χ4v) is 2.98. The molecule has 7 heteroatoms. The second kappa shape index (κ2) is 10.7. The number of carboxylic acid groups (broad SMARTS) is 1. The van der Waals surface area contributed by atoms with E-state index >= 15 is 0 Å². The average Bonchev–Trinajstić information content (AvgIpc) is 2.66. The highest BCUT2D eigenvalue weighted by atomic mass is 16.5. The molecule has 144 valence electrons. The third-order valence-corrected chi connectivity index (χ3v) is 4.55. The van der Waals surface area contributed by atoms with E-state index in [4.69, 9.17) is 14.2 Å². The molecular formula is C19H27NO6. The van der Waals surface area contributed by atoms with Crippen LogP contribution >= 0.6 is 0 Å². The molecule has 2 rings (SSSR count). The van der Waals surface area contributed by atoms with Crippen molar-refractivity contribution in [2.24, 2.45) is 11.8 Å². The molecule has 1 fully saturated rings. The minimum Gasteiger partial charge on any atom is -0.497 e. The van der Waals surface area contributed by atoms with E-state index in [1.807, 2.05) is 24.3 Å². The van der Waals surface area contributed by atoms with Crippen molar-refractivity contribution in [1.82, 2.24) is 5.32 Å². The van der Waals surface area contributed by atoms with Gasteiger partial charge < -0.3 is 24.6 Å². The summed E-state index contributed by atoms with van der Waals surface area (Å²) in [4.78, 5) is 23.4. The molecular weight excluding hydrogens is 338 g/mol. The standard InChI is InChI=1S/C19H27NO6/c1-24-15-4-6-16(7-5-15)26-10-2-3-18(21)20-13-17(19(22)23)14-8-11-25-12-9-14/h4-7,14,17H,2-3,8-13H2,1H3,(H,20,21)(H,22,23). The van der Waals surface area contributed by atoms with Crippen molar-refractivity contribution in [2.75, 3.05) is 33.5 Å². The predicted molar refractivity (Wildman–Crippen MR) is 95.4 cm³/mol. The van der Waals surface area contributed by atoms with Crippen molar-refractivity contribution < 1.29 is 28.9 Å². The highest BCUT2D eigenvalue weighted by Gasteiger charge is 2.29. The molecule has 26 heavy (non-hydrogen) atoms. The Morgan fingerprint density at radius 3 is 2.50 bits per heavy atom. The van der Waals surface area contributed by atoms with E-state index in [0.717, 1.165) is 24.3 Å². The maximum Gasteiger partial charge on any atom is 0.308 e. The number of hydrogen-bond acceptors (Lipinski definition) is 5. The Morgan fingerprint density at radius 1 is 1.23 bits per heavy atom. The van der Waals surface area contributed by atoms with Gasteiger partial charge in [-0.05, 0) is 49.4 Å². The van der Waals surface area contributed by atoms with Crippen molar-refractivity contribution in [3.63, 3.8) is 0 Å². The number of aliphatic carboxylic acids is 1. The lowest BCUT2D eigenvalue weighted by Crippen LogP contribution is -2.39. The molecule has 1 heterocycles. The first-order valence-electron chi connectivity index (χ1n) is 8.94. The summed E-state index contributed by atoms with van der Waals surface area (Å²) in [6, 6.07) is 7.24. The summed E-state index contributed by atoms with van der Waals surface area (Å²) in [6.45, 7) is 1.76. The predicted octanol–water partition coefficient (Wildman–Crippen LogP) is 2.10. The van der Waals surface area contributed by atoms with Crippen molar-refractivity contribution >= 4 is 11.9 Å². The molecule has 1 aromatic rings. The Morgan fingerprint density at radius 2 is 1.88 bits per heavy atom. The molecule has 2 N–H and O–H groups in total. The molecule has 1 aromatic carbocycles. The summed E-state index contributed by atoms with van der Waals surface area (Å²) < 4.78 is 15.9. The minimum absolute atomic E-state index is 0.0555. The van der Waals surface area contributed by atoms with E-state index in [2.05, 4.69) is 5.32 Å². The van der Waals surface area contributed by atoms with Gasteiger partial charge in [0.2, 0.25) is 5.91 Å². The van der Waals surface area contributed by atoms with Gasteiger partial charge in [-0.15, -0.1) is 0 Å². The maximum atomic E-state index is 11.9. The number of hydrogen-bond donors (Lipinski definition) is 2. The van der Waals surface area contributed by atoms with Crippen LogP contribution in [0.2, 0.25) is 0 Å². The topological polar surface area (TPSA) is 94.1 Å². The van der Waals surface area contributed by atoms with Crippen LogP contribution in [0.25, 0.3) is 0 Å². The van der Waals surface area contributed by atoms with Gasteiger partial charge in [-0.3, -0.25) is 9.59 Å². The maximum absolute atomic E-state index is 11.9. The number of rotatable bonds is 10. The Bertz CT molecular complexity index is 568. The molecule has 1 aliphatic heterocycles. The molecule has 1 saturated heterocycles. The first-order valence-corrected chi connectivity index (χ1v) is 8.94. The number of carbonyl (C=O) groups is 2. The number of nitrogens with one attached hydrogen (secondary N) is 1. The molecule has 0 aromatic heterocycles. The van der Waals surface area contributed by atoms with E-state index in [1.54, 1.807) is 7.11 Å². The van der Waals surface area contributed by atoms with Gasteiger partial charge in [-0.1, -0.05) is 0 Å². The Balaban J connectivity index is 1.64. The molecule has 1 amide bonds. The fraction of sp³-hybridized carbons (Fsp3) is 0.579. The third kappa shape index (κ3) is 6.55. The zero-order valence-corrected chi connectivity index (χ0v) is 15.1. The molecule has 1 unspecified atom stereocenters. The van der Waals surface area contributed by atoms with Gasteiger partial charge in [0.25, 0.3) is 0 Å². The first-order chi connectivity index (χ1) is 12.6. The molecule has 0 spiro atoms. The van der Waals surface area contributed by atoms with Crippen LogP contribution in [0.5, 0.6) is 11.5 Å². The van der Waals surface area contributed by atoms with Gasteiger partial charge >= 0.3 is 5.97 Å². The van der Waals surface area contributed by atoms with Crippen molar-refractivity contribution in [3.8, 4) is 11.5 Å². The number of carboxylic acids is 1. The molecule has 0 saturated carbocycles. The summed E-state index contributed by atoms with van der Waals surface area (Å²) >= 11 is 0. The SMILES string of the molecule is COc1ccc(OCCCC(=O)NCC(C(=O)O)C2CCOCC2)cc1. The number of carbonyl (C=O) groups excluding carboxylic acids is 1. The van der Waals surface area contributed by atoms with Crippen LogP contribution in [0, 0.1) is 11.8 Å². The van der Waals surface area contributed by atoms with Gasteiger partial charge in [0, 0.05) is 26.2 Å². The lowest BCUT2D eigenvalue weighted by Gasteiger charge is -2.27. The monoisotopic (exact) mass is 365 g/mol. The third-order valence-electron chi connectivity index (χ3n) is 4.55. The van der Waals surface area contributed by atoms with E-state index in [9.17, 15) is 14.7 Å². The van der Waals surface area contributed by atoms with E-state index in [-0.39, 0.29) is 18.4 Å². The highest BCUT2D eigenvalue weighted by molar-refractivity contribution is 5.77. The Kier molecular flexibility index (Phi) is 8.21. The van der Waals surface area contributed by atoms with E-state index in [0.29, 0.717) is 32.7 Å². The zero-order chi connectivity index (χ0) is 18.8.